The van der Waals surface area contributed by atoms with Crippen molar-refractivity contribution in [2.45, 2.75) is 38.8 Å². The molecule has 1 aromatic rings. The Hall–Kier alpha value is -1.00. The highest BCUT2D eigenvalue weighted by Crippen LogP contribution is 2.27. The van der Waals surface area contributed by atoms with Gasteiger partial charge in [-0.2, -0.15) is 0 Å². The lowest BCUT2D eigenvalue weighted by atomic mass is 9.97. The summed E-state index contributed by atoms with van der Waals surface area (Å²) in [5.41, 5.74) is 0.0691. The number of hydrogen-bond acceptors (Lipinski definition) is 2. The summed E-state index contributed by atoms with van der Waals surface area (Å²) in [6.07, 6.45) is 1.42. The summed E-state index contributed by atoms with van der Waals surface area (Å²) < 4.78 is 33.0. The summed E-state index contributed by atoms with van der Waals surface area (Å²) in [5.74, 6) is -1.06. The lowest BCUT2D eigenvalue weighted by Gasteiger charge is -2.27. The normalized spacial score (nSPS) is 14.5. The van der Waals surface area contributed by atoms with Crippen molar-refractivity contribution < 1.29 is 13.5 Å². The number of likely N-dealkylation sites (N-methyl/N-ethyl adjacent to an activating group) is 1. The molecule has 0 saturated carbocycles. The summed E-state index contributed by atoms with van der Waals surface area (Å²) in [4.78, 5) is 0. The zero-order chi connectivity index (χ0) is 13.5. The molecule has 2 nitrogen and oxygen atoms in total. The number of rotatable bonds is 7. The van der Waals surface area contributed by atoms with Gasteiger partial charge in [0.05, 0.1) is 12.1 Å². The third-order valence-corrected chi connectivity index (χ3v) is 2.98. The molecular formula is C14H21F2NO. The largest absolute Gasteiger partial charge is 0.379 e. The highest BCUT2D eigenvalue weighted by Gasteiger charge is 2.27. The minimum Gasteiger partial charge on any atom is -0.379 e. The molecule has 0 aromatic heterocycles. The van der Waals surface area contributed by atoms with Gasteiger partial charge in [-0.15, -0.1) is 0 Å². The number of methoxy groups -OCH3 is 1. The Bertz CT molecular complexity index is 351. The first-order chi connectivity index (χ1) is 8.65. The molecule has 0 radical (unpaired) electrons. The van der Waals surface area contributed by atoms with Crippen LogP contribution in [-0.2, 0) is 4.74 Å². The van der Waals surface area contributed by atoms with E-state index in [9.17, 15) is 8.78 Å². The Balaban J connectivity index is 3.09. The monoisotopic (exact) mass is 257 g/mol. The maximum absolute atomic E-state index is 13.8. The maximum Gasteiger partial charge on any atom is 0.131 e. The van der Waals surface area contributed by atoms with Crippen molar-refractivity contribution >= 4 is 0 Å². The van der Waals surface area contributed by atoms with Crippen molar-refractivity contribution in [1.29, 1.82) is 0 Å². The van der Waals surface area contributed by atoms with Gasteiger partial charge >= 0.3 is 0 Å². The van der Waals surface area contributed by atoms with Crippen molar-refractivity contribution in [3.05, 3.63) is 35.4 Å². The van der Waals surface area contributed by atoms with Crippen LogP contribution < -0.4 is 5.32 Å². The predicted molar refractivity (Wildman–Crippen MR) is 68.5 cm³/mol. The van der Waals surface area contributed by atoms with Gasteiger partial charge in [0.25, 0.3) is 0 Å². The highest BCUT2D eigenvalue weighted by atomic mass is 19.1. The Kier molecular flexibility index (Phi) is 6.22. The Morgan fingerprint density at radius 2 is 1.83 bits per heavy atom. The molecule has 1 aromatic carbocycles. The third kappa shape index (κ3) is 3.50. The summed E-state index contributed by atoms with van der Waals surface area (Å²) in [5, 5.41) is 3.11. The van der Waals surface area contributed by atoms with Crippen molar-refractivity contribution in [2.75, 3.05) is 13.7 Å². The number of ether oxygens (including phenoxy) is 1. The minimum atomic E-state index is -0.529. The molecule has 0 aliphatic rings. The van der Waals surface area contributed by atoms with E-state index in [2.05, 4.69) is 5.32 Å². The number of nitrogens with one attached hydrogen (secondary N) is 1. The molecule has 4 heteroatoms. The molecule has 0 saturated heterocycles. The van der Waals surface area contributed by atoms with E-state index in [4.69, 9.17) is 4.74 Å². The molecule has 1 rings (SSSR count). The predicted octanol–water partition coefficient (Wildman–Crippen LogP) is 3.43. The fourth-order valence-corrected chi connectivity index (χ4v) is 2.15. The molecule has 2 atom stereocenters. The van der Waals surface area contributed by atoms with Gasteiger partial charge in [-0.05, 0) is 25.1 Å². The third-order valence-electron chi connectivity index (χ3n) is 2.98. The van der Waals surface area contributed by atoms with Gasteiger partial charge in [0.15, 0.2) is 0 Å². The SMILES string of the molecule is CCCC(OC)C(NCC)c1c(F)cccc1F. The van der Waals surface area contributed by atoms with E-state index in [1.807, 2.05) is 13.8 Å². The molecule has 0 heterocycles. The zero-order valence-corrected chi connectivity index (χ0v) is 11.2. The average Bonchev–Trinajstić information content (AvgIpc) is 2.35. The van der Waals surface area contributed by atoms with Gasteiger partial charge in [0.2, 0.25) is 0 Å². The van der Waals surface area contributed by atoms with Gasteiger partial charge in [-0.25, -0.2) is 8.78 Å². The van der Waals surface area contributed by atoms with E-state index in [0.717, 1.165) is 12.8 Å². The van der Waals surface area contributed by atoms with Crippen LogP contribution in [0.25, 0.3) is 0 Å². The van der Waals surface area contributed by atoms with Gasteiger partial charge in [-0.1, -0.05) is 26.3 Å². The fraction of sp³-hybridized carbons (Fsp3) is 0.571. The number of halogens is 2. The molecule has 0 amide bonds. The van der Waals surface area contributed by atoms with E-state index >= 15 is 0 Å². The van der Waals surface area contributed by atoms with Crippen molar-refractivity contribution in [3.8, 4) is 0 Å². The highest BCUT2D eigenvalue weighted by molar-refractivity contribution is 5.24. The summed E-state index contributed by atoms with van der Waals surface area (Å²) in [7, 11) is 1.57. The van der Waals surface area contributed by atoms with Crippen LogP contribution in [0.4, 0.5) is 8.78 Å². The molecule has 2 unspecified atom stereocenters. The second kappa shape index (κ2) is 7.44. The van der Waals surface area contributed by atoms with Crippen LogP contribution >= 0.6 is 0 Å². The first-order valence-electron chi connectivity index (χ1n) is 6.35. The summed E-state index contributed by atoms with van der Waals surface area (Å²) in [6, 6.07) is 3.47. The lowest BCUT2D eigenvalue weighted by Crippen LogP contribution is -2.34. The average molecular weight is 257 g/mol. The van der Waals surface area contributed by atoms with Crippen LogP contribution in [-0.4, -0.2) is 19.8 Å². The second-order valence-electron chi connectivity index (χ2n) is 4.23. The molecule has 0 aliphatic carbocycles. The molecule has 1 N–H and O–H groups in total. The molecular weight excluding hydrogens is 236 g/mol. The fourth-order valence-electron chi connectivity index (χ4n) is 2.15. The summed E-state index contributed by atoms with van der Waals surface area (Å²) >= 11 is 0. The number of hydrogen-bond donors (Lipinski definition) is 1. The van der Waals surface area contributed by atoms with E-state index < -0.39 is 17.7 Å². The smallest absolute Gasteiger partial charge is 0.131 e. The van der Waals surface area contributed by atoms with Gasteiger partial charge in [-0.3, -0.25) is 0 Å². The van der Waals surface area contributed by atoms with E-state index in [-0.39, 0.29) is 11.7 Å². The van der Waals surface area contributed by atoms with Crippen molar-refractivity contribution in [3.63, 3.8) is 0 Å². The molecule has 102 valence electrons. The van der Waals surface area contributed by atoms with Crippen LogP contribution in [0.3, 0.4) is 0 Å². The minimum absolute atomic E-state index is 0.0691. The molecule has 0 fully saturated rings. The lowest BCUT2D eigenvalue weighted by molar-refractivity contribution is 0.0587. The van der Waals surface area contributed by atoms with Crippen molar-refractivity contribution in [2.24, 2.45) is 0 Å². The van der Waals surface area contributed by atoms with Crippen LogP contribution in [0.1, 0.15) is 38.3 Å². The summed E-state index contributed by atoms with van der Waals surface area (Å²) in [6.45, 7) is 4.55. The molecule has 0 bridgehead atoms. The van der Waals surface area contributed by atoms with Crippen LogP contribution in [0.15, 0.2) is 18.2 Å². The Morgan fingerprint density at radius 1 is 1.22 bits per heavy atom. The first-order valence-corrected chi connectivity index (χ1v) is 6.35. The Morgan fingerprint density at radius 3 is 2.28 bits per heavy atom. The standard InChI is InChI=1S/C14H21F2NO/c1-4-7-12(18-3)14(17-5-2)13-10(15)8-6-9-11(13)16/h6,8-9,12,14,17H,4-5,7H2,1-3H3. The number of benzene rings is 1. The van der Waals surface area contributed by atoms with Crippen LogP contribution in [0.2, 0.25) is 0 Å². The van der Waals surface area contributed by atoms with Crippen molar-refractivity contribution in [1.82, 2.24) is 5.32 Å². The molecule has 0 spiro atoms. The van der Waals surface area contributed by atoms with Gasteiger partial charge in [0.1, 0.15) is 11.6 Å². The van der Waals surface area contributed by atoms with E-state index in [1.165, 1.54) is 18.2 Å². The van der Waals surface area contributed by atoms with Gasteiger partial charge in [0, 0.05) is 12.7 Å². The van der Waals surface area contributed by atoms with Crippen LogP contribution in [0.5, 0.6) is 0 Å². The van der Waals surface area contributed by atoms with Crippen LogP contribution in [0, 0.1) is 11.6 Å². The zero-order valence-electron chi connectivity index (χ0n) is 11.2. The maximum atomic E-state index is 13.8. The van der Waals surface area contributed by atoms with E-state index in [1.54, 1.807) is 7.11 Å². The molecule has 18 heavy (non-hydrogen) atoms. The topological polar surface area (TPSA) is 21.3 Å². The molecule has 0 aliphatic heterocycles. The van der Waals surface area contributed by atoms with E-state index in [0.29, 0.717) is 6.54 Å². The van der Waals surface area contributed by atoms with Gasteiger partial charge < -0.3 is 10.1 Å². The Labute approximate surface area is 107 Å². The quantitative estimate of drug-likeness (QED) is 0.808. The second-order valence-corrected chi connectivity index (χ2v) is 4.23. The first kappa shape index (κ1) is 15.1.